The van der Waals surface area contributed by atoms with Crippen molar-refractivity contribution in [2.75, 3.05) is 20.2 Å². The van der Waals surface area contributed by atoms with Crippen molar-refractivity contribution in [1.29, 1.82) is 0 Å². The number of rotatable bonds is 4. The molecule has 0 saturated carbocycles. The Hall–Kier alpha value is -1.59. The molecule has 1 heterocycles. The Morgan fingerprint density at radius 2 is 2.26 bits per heavy atom. The van der Waals surface area contributed by atoms with E-state index in [9.17, 15) is 15.0 Å². The first kappa shape index (κ1) is 13.8. The average Bonchev–Trinajstić information content (AvgIpc) is 2.36. The monoisotopic (exact) mass is 265 g/mol. The summed E-state index contributed by atoms with van der Waals surface area (Å²) >= 11 is 0. The van der Waals surface area contributed by atoms with Crippen LogP contribution in [0.2, 0.25) is 0 Å². The third-order valence-corrected chi connectivity index (χ3v) is 3.40. The summed E-state index contributed by atoms with van der Waals surface area (Å²) in [5.74, 6) is 0.584. The molecule has 1 aliphatic heterocycles. The zero-order valence-electron chi connectivity index (χ0n) is 11.2. The second-order valence-electron chi connectivity index (χ2n) is 4.93. The first-order valence-electron chi connectivity index (χ1n) is 6.31. The first-order valence-corrected chi connectivity index (χ1v) is 6.31. The third kappa shape index (κ3) is 3.05. The van der Waals surface area contributed by atoms with Gasteiger partial charge >= 0.3 is 0 Å². The number of ketones is 1. The van der Waals surface area contributed by atoms with Crippen LogP contribution in [0, 0.1) is 0 Å². The van der Waals surface area contributed by atoms with Gasteiger partial charge in [-0.15, -0.1) is 0 Å². The molecular formula is C14H19NO4. The standard InChI is InChI=1S/C14H19NO4/c1-9(16)3-4-15-7-10-5-14(19-2)12(17)6-11(10)13(18)8-15/h5-6,13,17-18H,3-4,7-8H2,1-2H3. The molecule has 1 aromatic carbocycles. The molecule has 0 amide bonds. The molecule has 1 aliphatic rings. The highest BCUT2D eigenvalue weighted by atomic mass is 16.5. The van der Waals surface area contributed by atoms with E-state index in [4.69, 9.17) is 4.74 Å². The molecule has 2 N–H and O–H groups in total. The summed E-state index contributed by atoms with van der Waals surface area (Å²) in [6.45, 7) is 3.33. The van der Waals surface area contributed by atoms with Gasteiger partial charge in [0, 0.05) is 26.1 Å². The highest BCUT2D eigenvalue weighted by Crippen LogP contribution is 2.35. The summed E-state index contributed by atoms with van der Waals surface area (Å²) < 4.78 is 5.08. The normalized spacial score (nSPS) is 19.0. The SMILES string of the molecule is COc1cc2c(cc1O)C(O)CN(CCC(C)=O)C2. The van der Waals surface area contributed by atoms with Crippen LogP contribution in [0.4, 0.5) is 0 Å². The van der Waals surface area contributed by atoms with E-state index in [-0.39, 0.29) is 11.5 Å². The van der Waals surface area contributed by atoms with Crippen molar-refractivity contribution in [2.24, 2.45) is 0 Å². The number of aliphatic hydroxyl groups is 1. The van der Waals surface area contributed by atoms with Crippen molar-refractivity contribution >= 4 is 5.78 Å². The van der Waals surface area contributed by atoms with Crippen LogP contribution in [0.15, 0.2) is 12.1 Å². The van der Waals surface area contributed by atoms with Gasteiger partial charge in [-0.25, -0.2) is 0 Å². The molecule has 1 atom stereocenters. The maximum Gasteiger partial charge on any atom is 0.160 e. The molecule has 1 aromatic rings. The van der Waals surface area contributed by atoms with Crippen molar-refractivity contribution in [3.63, 3.8) is 0 Å². The maximum atomic E-state index is 11.0. The summed E-state index contributed by atoms with van der Waals surface area (Å²) in [4.78, 5) is 13.0. The number of fused-ring (bicyclic) bond motifs is 1. The van der Waals surface area contributed by atoms with Gasteiger partial charge in [0.15, 0.2) is 11.5 Å². The van der Waals surface area contributed by atoms with Gasteiger partial charge in [0.05, 0.1) is 13.2 Å². The lowest BCUT2D eigenvalue weighted by Crippen LogP contribution is -2.34. The number of carbonyl (C=O) groups excluding carboxylic acids is 1. The largest absolute Gasteiger partial charge is 0.504 e. The van der Waals surface area contributed by atoms with Crippen LogP contribution in [0.1, 0.15) is 30.6 Å². The number of phenolic OH excluding ortho intramolecular Hbond substituents is 1. The van der Waals surface area contributed by atoms with Crippen molar-refractivity contribution in [1.82, 2.24) is 4.90 Å². The van der Waals surface area contributed by atoms with Gasteiger partial charge in [0.2, 0.25) is 0 Å². The number of Topliss-reactive ketones (excluding diaryl/α,β-unsaturated/α-hetero) is 1. The quantitative estimate of drug-likeness (QED) is 0.857. The fourth-order valence-electron chi connectivity index (χ4n) is 2.37. The van der Waals surface area contributed by atoms with E-state index in [1.807, 2.05) is 4.90 Å². The zero-order valence-corrected chi connectivity index (χ0v) is 11.2. The van der Waals surface area contributed by atoms with E-state index in [2.05, 4.69) is 0 Å². The molecule has 19 heavy (non-hydrogen) atoms. The number of aromatic hydroxyl groups is 1. The fraction of sp³-hybridized carbons (Fsp3) is 0.500. The molecule has 5 nitrogen and oxygen atoms in total. The minimum Gasteiger partial charge on any atom is -0.504 e. The van der Waals surface area contributed by atoms with Crippen LogP contribution >= 0.6 is 0 Å². The van der Waals surface area contributed by atoms with Gasteiger partial charge in [-0.2, -0.15) is 0 Å². The van der Waals surface area contributed by atoms with Crippen molar-refractivity contribution in [3.05, 3.63) is 23.3 Å². The van der Waals surface area contributed by atoms with Crippen molar-refractivity contribution in [2.45, 2.75) is 26.0 Å². The number of methoxy groups -OCH3 is 1. The predicted molar refractivity (Wildman–Crippen MR) is 70.2 cm³/mol. The second kappa shape index (κ2) is 5.59. The molecule has 5 heteroatoms. The molecule has 0 aliphatic carbocycles. The Balaban J connectivity index is 2.20. The summed E-state index contributed by atoms with van der Waals surface area (Å²) in [7, 11) is 1.49. The first-order chi connectivity index (χ1) is 9.01. The summed E-state index contributed by atoms with van der Waals surface area (Å²) in [5, 5.41) is 19.8. The van der Waals surface area contributed by atoms with E-state index in [1.54, 1.807) is 19.1 Å². The molecule has 1 unspecified atom stereocenters. The Morgan fingerprint density at radius 1 is 1.53 bits per heavy atom. The van der Waals surface area contributed by atoms with Crippen LogP contribution in [0.5, 0.6) is 11.5 Å². The van der Waals surface area contributed by atoms with Crippen molar-refractivity contribution < 1.29 is 19.7 Å². The molecule has 104 valence electrons. The smallest absolute Gasteiger partial charge is 0.160 e. The minimum atomic E-state index is -0.646. The number of phenols is 1. The van der Waals surface area contributed by atoms with Crippen LogP contribution in [-0.4, -0.2) is 41.1 Å². The Bertz CT molecular complexity index is 487. The third-order valence-electron chi connectivity index (χ3n) is 3.40. The number of hydrogen-bond donors (Lipinski definition) is 2. The highest BCUT2D eigenvalue weighted by Gasteiger charge is 2.25. The highest BCUT2D eigenvalue weighted by molar-refractivity contribution is 5.75. The maximum absolute atomic E-state index is 11.0. The molecule has 0 bridgehead atoms. The number of carbonyl (C=O) groups is 1. The predicted octanol–water partition coefficient (Wildman–Crippen LogP) is 1.23. The topological polar surface area (TPSA) is 70.0 Å². The fourth-order valence-corrected chi connectivity index (χ4v) is 2.37. The number of β-amino-alcohol motifs (C(OH)–C–C–N with tert-alkyl or cyclic N) is 1. The molecule has 0 radical (unpaired) electrons. The van der Waals surface area contributed by atoms with E-state index in [1.165, 1.54) is 7.11 Å². The molecule has 2 rings (SSSR count). The van der Waals surface area contributed by atoms with Crippen LogP contribution in [0.3, 0.4) is 0 Å². The van der Waals surface area contributed by atoms with E-state index < -0.39 is 6.10 Å². The Morgan fingerprint density at radius 3 is 2.89 bits per heavy atom. The van der Waals surface area contributed by atoms with Crippen LogP contribution in [-0.2, 0) is 11.3 Å². The lowest BCUT2D eigenvalue weighted by atomic mass is 9.96. The summed E-state index contributed by atoms with van der Waals surface area (Å²) in [6.07, 6.45) is -0.162. The number of aliphatic hydroxyl groups excluding tert-OH is 1. The number of hydrogen-bond acceptors (Lipinski definition) is 5. The van der Waals surface area contributed by atoms with Gasteiger partial charge in [0.25, 0.3) is 0 Å². The molecule has 0 aromatic heterocycles. The Labute approximate surface area is 112 Å². The van der Waals surface area contributed by atoms with E-state index in [0.717, 1.165) is 11.1 Å². The van der Waals surface area contributed by atoms with E-state index >= 15 is 0 Å². The number of benzene rings is 1. The molecular weight excluding hydrogens is 246 g/mol. The molecule has 0 spiro atoms. The zero-order chi connectivity index (χ0) is 14.0. The summed E-state index contributed by atoms with van der Waals surface area (Å²) in [5.41, 5.74) is 1.66. The minimum absolute atomic E-state index is 0.0393. The van der Waals surface area contributed by atoms with Gasteiger partial charge in [-0.05, 0) is 30.2 Å². The van der Waals surface area contributed by atoms with Crippen molar-refractivity contribution in [3.8, 4) is 11.5 Å². The Kier molecular flexibility index (Phi) is 4.07. The van der Waals surface area contributed by atoms with Gasteiger partial charge in [-0.1, -0.05) is 0 Å². The number of nitrogens with zero attached hydrogens (tertiary/aromatic N) is 1. The van der Waals surface area contributed by atoms with Crippen LogP contribution < -0.4 is 4.74 Å². The second-order valence-corrected chi connectivity index (χ2v) is 4.93. The van der Waals surface area contributed by atoms with Gasteiger partial charge in [-0.3, -0.25) is 9.69 Å². The molecule has 0 saturated heterocycles. The number of ether oxygens (including phenoxy) is 1. The lowest BCUT2D eigenvalue weighted by Gasteiger charge is -2.32. The molecule has 0 fully saturated rings. The lowest BCUT2D eigenvalue weighted by molar-refractivity contribution is -0.117. The van der Waals surface area contributed by atoms with Gasteiger partial charge in [0.1, 0.15) is 5.78 Å². The summed E-state index contributed by atoms with van der Waals surface area (Å²) in [6, 6.07) is 3.30. The van der Waals surface area contributed by atoms with E-state index in [0.29, 0.717) is 31.8 Å². The average molecular weight is 265 g/mol. The van der Waals surface area contributed by atoms with Crippen LogP contribution in [0.25, 0.3) is 0 Å². The van der Waals surface area contributed by atoms with Gasteiger partial charge < -0.3 is 14.9 Å².